The van der Waals surface area contributed by atoms with E-state index in [4.69, 9.17) is 11.6 Å². The standard InChI is InChI=1S/C25H26AsClFN3O3/c1-25-13-17-16-11-18(27)19(28)12-20(16)29-21(17)22(14-6-4-7-15(32)10-14)31(25)24(34)30(23(25)33)9-5-8-26(2)3/h4,6-7,10-12,22,29,32H,5,8-9,13H2,1-3H3/t22-,25+/m1/s1. The van der Waals surface area contributed by atoms with Gasteiger partial charge in [0.25, 0.3) is 0 Å². The Kier molecular flexibility index (Phi) is 5.69. The Balaban J connectivity index is 1.68. The van der Waals surface area contributed by atoms with Gasteiger partial charge in [0, 0.05) is 0 Å². The maximum atomic E-state index is 14.2. The van der Waals surface area contributed by atoms with Gasteiger partial charge in [-0.15, -0.1) is 0 Å². The van der Waals surface area contributed by atoms with E-state index in [-0.39, 0.29) is 22.7 Å². The van der Waals surface area contributed by atoms with Crippen molar-refractivity contribution in [2.45, 2.75) is 48.0 Å². The first kappa shape index (κ1) is 23.3. The zero-order valence-electron chi connectivity index (χ0n) is 19.2. The van der Waals surface area contributed by atoms with E-state index in [1.54, 1.807) is 36.1 Å². The number of benzene rings is 2. The van der Waals surface area contributed by atoms with Gasteiger partial charge in [0.2, 0.25) is 0 Å². The number of phenols is 1. The third-order valence-electron chi connectivity index (χ3n) is 6.88. The second-order valence-electron chi connectivity index (χ2n) is 9.54. The van der Waals surface area contributed by atoms with Crippen LogP contribution in [0.4, 0.5) is 9.18 Å². The zero-order valence-corrected chi connectivity index (χ0v) is 21.9. The number of amides is 3. The molecule has 0 bridgehead atoms. The van der Waals surface area contributed by atoms with Crippen LogP contribution in [-0.4, -0.2) is 58.6 Å². The Bertz CT molecular complexity index is 1330. The molecule has 178 valence electrons. The molecule has 5 rings (SSSR count). The molecule has 2 aromatic carbocycles. The summed E-state index contributed by atoms with van der Waals surface area (Å²) >= 11 is 5.24. The molecule has 0 unspecified atom stereocenters. The number of aromatic amines is 1. The average Bonchev–Trinajstić information content (AvgIpc) is 3.19. The number of phenolic OH excluding ortho intramolecular Hbond substituents is 1. The Labute approximate surface area is 206 Å². The maximum absolute atomic E-state index is 14.2. The van der Waals surface area contributed by atoms with Crippen LogP contribution in [-0.2, 0) is 11.2 Å². The molecular weight excluding hydrogens is 520 g/mol. The van der Waals surface area contributed by atoms with E-state index in [1.807, 2.05) is 6.07 Å². The molecule has 2 aliphatic rings. The van der Waals surface area contributed by atoms with E-state index in [1.165, 1.54) is 11.0 Å². The quantitative estimate of drug-likeness (QED) is 0.329. The molecule has 9 heteroatoms. The summed E-state index contributed by atoms with van der Waals surface area (Å²) in [6, 6.07) is 8.64. The van der Waals surface area contributed by atoms with Gasteiger partial charge in [-0.1, -0.05) is 0 Å². The summed E-state index contributed by atoms with van der Waals surface area (Å²) in [5.41, 5.74) is 6.18. The van der Waals surface area contributed by atoms with Gasteiger partial charge >= 0.3 is 203 Å². The van der Waals surface area contributed by atoms with Crippen LogP contribution in [0.15, 0.2) is 36.4 Å². The number of carbonyl (C=O) groups excluding carboxylic acids is 2. The topological polar surface area (TPSA) is 76.6 Å². The Morgan fingerprint density at radius 3 is 2.74 bits per heavy atom. The number of carbonyl (C=O) groups is 2. The number of aromatic nitrogens is 1. The van der Waals surface area contributed by atoms with Crippen LogP contribution in [0.1, 0.15) is 36.2 Å². The molecule has 0 saturated carbocycles. The number of urea groups is 1. The third-order valence-corrected chi connectivity index (χ3v) is 9.71. The SMILES string of the molecule is C[As](C)CCCN1C(=O)N2[C@H](c3cccc(O)c3)c3[nH]c4cc(F)c(Cl)cc4c3C[C@@]2(C)C1=O. The van der Waals surface area contributed by atoms with Crippen molar-refractivity contribution >= 4 is 49.1 Å². The van der Waals surface area contributed by atoms with Crippen molar-refractivity contribution in [1.29, 1.82) is 0 Å². The van der Waals surface area contributed by atoms with E-state index in [0.29, 0.717) is 29.7 Å². The van der Waals surface area contributed by atoms with Crippen molar-refractivity contribution in [3.63, 3.8) is 0 Å². The first-order chi connectivity index (χ1) is 16.1. The number of H-pyrrole nitrogens is 1. The number of halogens is 2. The molecule has 0 radical (unpaired) electrons. The fourth-order valence-electron chi connectivity index (χ4n) is 5.29. The normalized spacial score (nSPS) is 22.1. The van der Waals surface area contributed by atoms with Crippen molar-refractivity contribution in [1.82, 2.24) is 14.8 Å². The summed E-state index contributed by atoms with van der Waals surface area (Å²) in [5, 5.41) is 12.0. The summed E-state index contributed by atoms with van der Waals surface area (Å²) in [6.45, 7) is 2.20. The predicted molar refractivity (Wildman–Crippen MR) is 131 cm³/mol. The molecule has 3 aromatic rings. The van der Waals surface area contributed by atoms with Crippen molar-refractivity contribution in [2.24, 2.45) is 0 Å². The van der Waals surface area contributed by atoms with E-state index in [0.717, 1.165) is 22.6 Å². The van der Waals surface area contributed by atoms with Crippen LogP contribution in [0.3, 0.4) is 0 Å². The fourth-order valence-corrected chi connectivity index (χ4v) is 7.08. The summed E-state index contributed by atoms with van der Waals surface area (Å²) in [5.74, 6) is -0.698. The Morgan fingerprint density at radius 2 is 2.03 bits per heavy atom. The molecule has 0 aliphatic carbocycles. The summed E-state index contributed by atoms with van der Waals surface area (Å²) in [4.78, 5) is 33.7. The van der Waals surface area contributed by atoms with Crippen LogP contribution in [0, 0.1) is 5.82 Å². The molecule has 1 saturated heterocycles. The first-order valence-corrected chi connectivity index (χ1v) is 16.7. The molecule has 0 spiro atoms. The summed E-state index contributed by atoms with van der Waals surface area (Å²) in [6.07, 6.45) is 1.09. The molecule has 3 amide bonds. The van der Waals surface area contributed by atoms with Crippen LogP contribution in [0.25, 0.3) is 10.9 Å². The van der Waals surface area contributed by atoms with E-state index >= 15 is 0 Å². The number of rotatable bonds is 5. The van der Waals surface area contributed by atoms with Crippen molar-refractivity contribution in [2.75, 3.05) is 6.54 Å². The molecule has 2 aliphatic heterocycles. The van der Waals surface area contributed by atoms with E-state index in [2.05, 4.69) is 16.4 Å². The fraction of sp³-hybridized carbons (Fsp3) is 0.360. The second kappa shape index (κ2) is 8.31. The van der Waals surface area contributed by atoms with E-state index in [9.17, 15) is 19.1 Å². The molecular formula is C25H26AsClFN3O3. The average molecular weight is 546 g/mol. The molecule has 34 heavy (non-hydrogen) atoms. The number of hydrogen-bond donors (Lipinski definition) is 2. The van der Waals surface area contributed by atoms with Crippen LogP contribution in [0.2, 0.25) is 21.7 Å². The molecule has 3 heterocycles. The number of nitrogens with zero attached hydrogens (tertiary/aromatic N) is 2. The van der Waals surface area contributed by atoms with Gasteiger partial charge in [-0.2, -0.15) is 0 Å². The molecule has 6 nitrogen and oxygen atoms in total. The van der Waals surface area contributed by atoms with Gasteiger partial charge in [0.15, 0.2) is 0 Å². The molecule has 1 aromatic heterocycles. The van der Waals surface area contributed by atoms with Crippen molar-refractivity contribution in [3.05, 3.63) is 64.1 Å². The molecule has 1 fully saturated rings. The number of nitrogens with one attached hydrogen (secondary N) is 1. The van der Waals surface area contributed by atoms with Gasteiger partial charge in [-0.05, 0) is 0 Å². The van der Waals surface area contributed by atoms with Gasteiger partial charge in [-0.3, -0.25) is 0 Å². The second-order valence-corrected chi connectivity index (χ2v) is 15.4. The predicted octanol–water partition coefficient (Wildman–Crippen LogP) is 5.48. The number of hydrogen-bond acceptors (Lipinski definition) is 3. The first-order valence-electron chi connectivity index (χ1n) is 11.2. The van der Waals surface area contributed by atoms with Gasteiger partial charge in [0.1, 0.15) is 0 Å². The summed E-state index contributed by atoms with van der Waals surface area (Å²) < 4.78 is 14.2. The van der Waals surface area contributed by atoms with Crippen LogP contribution >= 0.6 is 11.6 Å². The van der Waals surface area contributed by atoms with Gasteiger partial charge in [0.05, 0.1) is 0 Å². The van der Waals surface area contributed by atoms with Gasteiger partial charge in [-0.25, -0.2) is 4.39 Å². The van der Waals surface area contributed by atoms with Crippen molar-refractivity contribution in [3.8, 4) is 5.75 Å². The molecule has 2 atom stereocenters. The van der Waals surface area contributed by atoms with Crippen LogP contribution < -0.4 is 0 Å². The van der Waals surface area contributed by atoms with Crippen LogP contribution in [0.5, 0.6) is 5.75 Å². The van der Waals surface area contributed by atoms with Gasteiger partial charge < -0.3 is 0 Å². The third kappa shape index (κ3) is 3.52. The van der Waals surface area contributed by atoms with Crippen molar-refractivity contribution < 1.29 is 19.1 Å². The number of fused-ring (bicyclic) bond motifs is 4. The zero-order chi connectivity index (χ0) is 24.4. The van der Waals surface area contributed by atoms with E-state index < -0.39 is 32.0 Å². The molecule has 2 N–H and O–H groups in total. The Morgan fingerprint density at radius 1 is 1.26 bits per heavy atom. The monoisotopic (exact) mass is 545 g/mol. The Hall–Kier alpha value is -2.50. The number of imide groups is 1. The summed E-state index contributed by atoms with van der Waals surface area (Å²) in [7, 11) is 0. The number of aromatic hydroxyl groups is 1. The minimum atomic E-state index is -1.11. The minimum absolute atomic E-state index is 0.00398.